The first-order chi connectivity index (χ1) is 12.1. The average Bonchev–Trinajstić information content (AvgIpc) is 2.67. The van der Waals surface area contributed by atoms with Crippen LogP contribution in [0.2, 0.25) is 0 Å². The van der Waals surface area contributed by atoms with E-state index in [0.717, 1.165) is 70.4 Å². The number of hydrogen-bond donors (Lipinski definition) is 1. The molecule has 138 valence electrons. The van der Waals surface area contributed by atoms with Crippen molar-refractivity contribution in [2.75, 3.05) is 55.7 Å². The molecule has 2 aliphatic heterocycles. The van der Waals surface area contributed by atoms with Crippen LogP contribution in [-0.4, -0.2) is 61.8 Å². The summed E-state index contributed by atoms with van der Waals surface area (Å²) >= 11 is 0. The van der Waals surface area contributed by atoms with Crippen LogP contribution in [0.4, 0.5) is 11.6 Å². The molecule has 1 aromatic rings. The maximum absolute atomic E-state index is 12.2. The van der Waals surface area contributed by atoms with Crippen LogP contribution in [0.3, 0.4) is 0 Å². The van der Waals surface area contributed by atoms with Crippen LogP contribution in [0, 0.1) is 11.8 Å². The van der Waals surface area contributed by atoms with Gasteiger partial charge in [0.25, 0.3) is 0 Å². The maximum Gasteiger partial charge on any atom is 0.223 e. The Morgan fingerprint density at radius 3 is 2.36 bits per heavy atom. The van der Waals surface area contributed by atoms with Crippen molar-refractivity contribution in [1.82, 2.24) is 15.3 Å². The fourth-order valence-electron chi connectivity index (χ4n) is 3.30. The topological polar surface area (TPSA) is 70.6 Å². The third kappa shape index (κ3) is 4.81. The second kappa shape index (κ2) is 8.47. The van der Waals surface area contributed by atoms with Gasteiger partial charge in [-0.1, -0.05) is 13.8 Å². The molecule has 1 amide bonds. The van der Waals surface area contributed by atoms with Crippen LogP contribution < -0.4 is 15.1 Å². The Labute approximate surface area is 149 Å². The van der Waals surface area contributed by atoms with E-state index in [1.807, 2.05) is 0 Å². The van der Waals surface area contributed by atoms with Crippen LogP contribution in [-0.2, 0) is 9.53 Å². The van der Waals surface area contributed by atoms with Gasteiger partial charge in [0.2, 0.25) is 5.91 Å². The highest BCUT2D eigenvalue weighted by molar-refractivity contribution is 5.79. The molecule has 0 atom stereocenters. The van der Waals surface area contributed by atoms with Crippen molar-refractivity contribution >= 4 is 17.5 Å². The second-order valence-electron chi connectivity index (χ2n) is 7.23. The molecule has 0 aromatic carbocycles. The Bertz CT molecular complexity index is 566. The number of rotatable bonds is 5. The van der Waals surface area contributed by atoms with Crippen LogP contribution in [0.5, 0.6) is 0 Å². The van der Waals surface area contributed by atoms with Crippen molar-refractivity contribution < 1.29 is 9.53 Å². The molecule has 2 saturated heterocycles. The molecule has 0 unspecified atom stereocenters. The number of hydrogen-bond acceptors (Lipinski definition) is 6. The lowest BCUT2D eigenvalue weighted by Crippen LogP contribution is -2.42. The standard InChI is InChI=1S/C18H29N5O2/c1-14(2)12-19-18(24)15-3-5-22(6-4-15)16-11-17(21-13-20-16)23-7-9-25-10-8-23/h11,13-15H,3-10,12H2,1-2H3,(H,19,24). The zero-order valence-electron chi connectivity index (χ0n) is 15.3. The van der Waals surface area contributed by atoms with E-state index in [-0.39, 0.29) is 11.8 Å². The molecule has 2 aliphatic rings. The Kier molecular flexibility index (Phi) is 6.07. The molecule has 0 spiro atoms. The van der Waals surface area contributed by atoms with Gasteiger partial charge in [-0.05, 0) is 18.8 Å². The first-order valence-corrected chi connectivity index (χ1v) is 9.31. The fraction of sp³-hybridized carbons (Fsp3) is 0.722. The summed E-state index contributed by atoms with van der Waals surface area (Å²) in [6.45, 7) is 9.94. The van der Waals surface area contributed by atoms with Crippen LogP contribution in [0.15, 0.2) is 12.4 Å². The molecule has 1 aromatic heterocycles. The van der Waals surface area contributed by atoms with Crippen molar-refractivity contribution in [3.63, 3.8) is 0 Å². The largest absolute Gasteiger partial charge is 0.378 e. The minimum atomic E-state index is 0.121. The van der Waals surface area contributed by atoms with Crippen molar-refractivity contribution in [1.29, 1.82) is 0 Å². The van der Waals surface area contributed by atoms with Crippen molar-refractivity contribution in [3.8, 4) is 0 Å². The quantitative estimate of drug-likeness (QED) is 0.866. The average molecular weight is 347 g/mol. The van der Waals surface area contributed by atoms with Gasteiger partial charge >= 0.3 is 0 Å². The Hall–Kier alpha value is -1.89. The number of ether oxygens (including phenoxy) is 1. The summed E-state index contributed by atoms with van der Waals surface area (Å²) in [7, 11) is 0. The van der Waals surface area contributed by atoms with Gasteiger partial charge in [-0.15, -0.1) is 0 Å². The number of nitrogens with zero attached hydrogens (tertiary/aromatic N) is 4. The highest BCUT2D eigenvalue weighted by atomic mass is 16.5. The normalized spacial score (nSPS) is 19.3. The van der Waals surface area contributed by atoms with E-state index in [1.54, 1.807) is 6.33 Å². The summed E-state index contributed by atoms with van der Waals surface area (Å²) in [6.07, 6.45) is 3.39. The number of carbonyl (C=O) groups is 1. The van der Waals surface area contributed by atoms with Gasteiger partial charge in [0.05, 0.1) is 13.2 Å². The number of carbonyl (C=O) groups excluding carboxylic acids is 1. The summed E-state index contributed by atoms with van der Waals surface area (Å²) in [6, 6.07) is 2.06. The second-order valence-corrected chi connectivity index (χ2v) is 7.23. The number of morpholine rings is 1. The Morgan fingerprint density at radius 1 is 1.16 bits per heavy atom. The van der Waals surface area contributed by atoms with E-state index in [0.29, 0.717) is 5.92 Å². The highest BCUT2D eigenvalue weighted by Crippen LogP contribution is 2.24. The summed E-state index contributed by atoms with van der Waals surface area (Å²) in [5, 5.41) is 3.06. The molecule has 1 N–H and O–H groups in total. The number of anilines is 2. The van der Waals surface area contributed by atoms with E-state index in [2.05, 4.69) is 45.0 Å². The van der Waals surface area contributed by atoms with Gasteiger partial charge in [-0.25, -0.2) is 9.97 Å². The monoisotopic (exact) mass is 347 g/mol. The van der Waals surface area contributed by atoms with Gasteiger partial charge in [-0.3, -0.25) is 4.79 Å². The lowest BCUT2D eigenvalue weighted by Gasteiger charge is -2.33. The molecule has 0 radical (unpaired) electrons. The third-order valence-electron chi connectivity index (χ3n) is 4.85. The zero-order chi connectivity index (χ0) is 17.6. The minimum Gasteiger partial charge on any atom is -0.378 e. The summed E-state index contributed by atoms with van der Waals surface area (Å²) in [5.41, 5.74) is 0. The molecule has 0 saturated carbocycles. The lowest BCUT2D eigenvalue weighted by molar-refractivity contribution is -0.125. The first kappa shape index (κ1) is 17.9. The summed E-state index contributed by atoms with van der Waals surface area (Å²) in [5.74, 6) is 2.73. The van der Waals surface area contributed by atoms with E-state index < -0.39 is 0 Å². The van der Waals surface area contributed by atoms with Crippen molar-refractivity contribution in [2.24, 2.45) is 11.8 Å². The third-order valence-corrected chi connectivity index (χ3v) is 4.85. The van der Waals surface area contributed by atoms with Gasteiger partial charge < -0.3 is 19.9 Å². The van der Waals surface area contributed by atoms with E-state index in [4.69, 9.17) is 4.74 Å². The van der Waals surface area contributed by atoms with E-state index in [9.17, 15) is 4.79 Å². The number of aromatic nitrogens is 2. The highest BCUT2D eigenvalue weighted by Gasteiger charge is 2.26. The van der Waals surface area contributed by atoms with Crippen LogP contribution >= 0.6 is 0 Å². The molecule has 2 fully saturated rings. The molecular formula is C18H29N5O2. The molecule has 7 heteroatoms. The van der Waals surface area contributed by atoms with Crippen LogP contribution in [0.25, 0.3) is 0 Å². The molecule has 3 heterocycles. The fourth-order valence-corrected chi connectivity index (χ4v) is 3.30. The Morgan fingerprint density at radius 2 is 1.76 bits per heavy atom. The van der Waals surface area contributed by atoms with Crippen molar-refractivity contribution in [2.45, 2.75) is 26.7 Å². The number of nitrogens with one attached hydrogen (secondary N) is 1. The molecule has 0 aliphatic carbocycles. The first-order valence-electron chi connectivity index (χ1n) is 9.31. The predicted molar refractivity (Wildman–Crippen MR) is 97.8 cm³/mol. The van der Waals surface area contributed by atoms with E-state index >= 15 is 0 Å². The number of piperidine rings is 1. The maximum atomic E-state index is 12.2. The van der Waals surface area contributed by atoms with E-state index in [1.165, 1.54) is 0 Å². The lowest BCUT2D eigenvalue weighted by atomic mass is 9.95. The van der Waals surface area contributed by atoms with Gasteiger partial charge in [0, 0.05) is 44.7 Å². The molecule has 7 nitrogen and oxygen atoms in total. The van der Waals surface area contributed by atoms with Gasteiger partial charge in [0.15, 0.2) is 0 Å². The smallest absolute Gasteiger partial charge is 0.223 e. The SMILES string of the molecule is CC(C)CNC(=O)C1CCN(c2cc(N3CCOCC3)ncn2)CC1. The Balaban J connectivity index is 1.55. The van der Waals surface area contributed by atoms with Gasteiger partial charge in [-0.2, -0.15) is 0 Å². The van der Waals surface area contributed by atoms with Crippen LogP contribution in [0.1, 0.15) is 26.7 Å². The van der Waals surface area contributed by atoms with Gasteiger partial charge in [0.1, 0.15) is 18.0 Å². The molecule has 0 bridgehead atoms. The predicted octanol–water partition coefficient (Wildman–Crippen LogP) is 1.30. The number of amides is 1. The molecular weight excluding hydrogens is 318 g/mol. The minimum absolute atomic E-state index is 0.121. The van der Waals surface area contributed by atoms with Crippen molar-refractivity contribution in [3.05, 3.63) is 12.4 Å². The summed E-state index contributed by atoms with van der Waals surface area (Å²) in [4.78, 5) is 25.6. The molecule has 25 heavy (non-hydrogen) atoms. The summed E-state index contributed by atoms with van der Waals surface area (Å²) < 4.78 is 5.40. The zero-order valence-corrected chi connectivity index (χ0v) is 15.3. The molecule has 3 rings (SSSR count).